The Morgan fingerprint density at radius 2 is 1.83 bits per heavy atom. The third-order valence-corrected chi connectivity index (χ3v) is 2.89. The minimum atomic E-state index is 1.16. The molecule has 0 radical (unpaired) electrons. The molecule has 0 amide bonds. The summed E-state index contributed by atoms with van der Waals surface area (Å²) in [5, 5.41) is 4.59. The van der Waals surface area contributed by atoms with Crippen LogP contribution in [0.4, 0.5) is 0 Å². The molecule has 74 valence electrons. The molecular formula is C9H20BrNS. The minimum Gasteiger partial charge on any atom is -0.316 e. The highest BCUT2D eigenvalue weighted by Crippen LogP contribution is 2.00. The first-order chi connectivity index (χ1) is 5.91. The molecule has 0 spiro atoms. The van der Waals surface area contributed by atoms with Gasteiger partial charge >= 0.3 is 0 Å². The van der Waals surface area contributed by atoms with Gasteiger partial charge in [0.25, 0.3) is 0 Å². The summed E-state index contributed by atoms with van der Waals surface area (Å²) in [7, 11) is 0. The van der Waals surface area contributed by atoms with E-state index in [1.807, 2.05) is 11.8 Å². The Morgan fingerprint density at radius 3 is 2.50 bits per heavy atom. The van der Waals surface area contributed by atoms with Crippen LogP contribution in [0.25, 0.3) is 0 Å². The lowest BCUT2D eigenvalue weighted by Gasteiger charge is -2.02. The van der Waals surface area contributed by atoms with Gasteiger partial charge in [-0.1, -0.05) is 28.8 Å². The quantitative estimate of drug-likeness (QED) is 0.501. The number of hydrogen-bond donors (Lipinski definition) is 1. The van der Waals surface area contributed by atoms with Crippen LogP contribution in [0.5, 0.6) is 0 Å². The van der Waals surface area contributed by atoms with Crippen molar-refractivity contribution in [2.75, 3.05) is 30.4 Å². The zero-order chi connectivity index (χ0) is 9.07. The highest BCUT2D eigenvalue weighted by atomic mass is 79.9. The lowest BCUT2D eigenvalue weighted by atomic mass is 10.2. The first-order valence-electron chi connectivity index (χ1n) is 4.67. The second-order valence-electron chi connectivity index (χ2n) is 2.85. The molecule has 0 saturated carbocycles. The van der Waals surface area contributed by atoms with E-state index in [4.69, 9.17) is 0 Å². The number of rotatable bonds is 9. The SMILES string of the molecule is CSCCNCCCCCCBr. The second kappa shape index (κ2) is 11.8. The van der Waals surface area contributed by atoms with Crippen molar-refractivity contribution in [3.05, 3.63) is 0 Å². The number of alkyl halides is 1. The van der Waals surface area contributed by atoms with E-state index in [2.05, 4.69) is 27.5 Å². The summed E-state index contributed by atoms with van der Waals surface area (Å²) in [6.45, 7) is 2.36. The average Bonchev–Trinajstić information content (AvgIpc) is 2.10. The molecule has 0 bridgehead atoms. The number of unbranched alkanes of at least 4 members (excludes halogenated alkanes) is 3. The smallest absolute Gasteiger partial charge is 0.00553 e. The summed E-state index contributed by atoms with van der Waals surface area (Å²) in [6, 6.07) is 0. The third kappa shape index (κ3) is 10.8. The average molecular weight is 254 g/mol. The van der Waals surface area contributed by atoms with Crippen LogP contribution in [0, 0.1) is 0 Å². The Kier molecular flexibility index (Phi) is 12.6. The molecule has 1 N–H and O–H groups in total. The van der Waals surface area contributed by atoms with Gasteiger partial charge in [0.1, 0.15) is 0 Å². The van der Waals surface area contributed by atoms with Gasteiger partial charge in [-0.3, -0.25) is 0 Å². The van der Waals surface area contributed by atoms with E-state index in [0.29, 0.717) is 0 Å². The Labute approximate surface area is 89.2 Å². The summed E-state index contributed by atoms with van der Waals surface area (Å²) in [4.78, 5) is 0. The summed E-state index contributed by atoms with van der Waals surface area (Å²) in [5.41, 5.74) is 0. The molecule has 0 saturated heterocycles. The molecule has 0 aliphatic rings. The van der Waals surface area contributed by atoms with Crippen LogP contribution >= 0.6 is 27.7 Å². The fraction of sp³-hybridized carbons (Fsp3) is 1.00. The number of nitrogens with one attached hydrogen (secondary N) is 1. The molecule has 0 unspecified atom stereocenters. The van der Waals surface area contributed by atoms with Crippen molar-refractivity contribution in [3.8, 4) is 0 Å². The molecule has 12 heavy (non-hydrogen) atoms. The van der Waals surface area contributed by atoms with Crippen LogP contribution < -0.4 is 5.32 Å². The predicted molar refractivity (Wildman–Crippen MR) is 63.5 cm³/mol. The summed E-state index contributed by atoms with van der Waals surface area (Å²) < 4.78 is 0. The van der Waals surface area contributed by atoms with Crippen LogP contribution in [0.1, 0.15) is 25.7 Å². The largest absolute Gasteiger partial charge is 0.316 e. The molecule has 0 aromatic heterocycles. The molecule has 0 aromatic carbocycles. The van der Waals surface area contributed by atoms with E-state index in [-0.39, 0.29) is 0 Å². The Balaban J connectivity index is 2.73. The Morgan fingerprint density at radius 1 is 1.08 bits per heavy atom. The predicted octanol–water partition coefficient (Wildman–Crippen LogP) is 2.89. The summed E-state index contributed by atoms with van der Waals surface area (Å²) >= 11 is 5.34. The number of hydrogen-bond acceptors (Lipinski definition) is 2. The molecule has 0 fully saturated rings. The van der Waals surface area contributed by atoms with Gasteiger partial charge < -0.3 is 5.32 Å². The summed E-state index contributed by atoms with van der Waals surface area (Å²) in [6.07, 6.45) is 7.55. The zero-order valence-electron chi connectivity index (χ0n) is 7.94. The molecule has 0 aromatic rings. The highest BCUT2D eigenvalue weighted by molar-refractivity contribution is 9.09. The van der Waals surface area contributed by atoms with Gasteiger partial charge in [0, 0.05) is 17.6 Å². The number of thioether (sulfide) groups is 1. The standard InChI is InChI=1S/C9H20BrNS/c1-12-9-8-11-7-5-3-2-4-6-10/h11H,2-9H2,1H3. The van der Waals surface area contributed by atoms with E-state index in [1.165, 1.54) is 44.5 Å². The Bertz CT molecular complexity index is 70.9. The van der Waals surface area contributed by atoms with Crippen molar-refractivity contribution in [2.24, 2.45) is 0 Å². The highest BCUT2D eigenvalue weighted by Gasteiger charge is 1.89. The minimum absolute atomic E-state index is 1.16. The van der Waals surface area contributed by atoms with Gasteiger partial charge in [-0.25, -0.2) is 0 Å². The Hall–Kier alpha value is 0.790. The lowest BCUT2D eigenvalue weighted by Crippen LogP contribution is -2.18. The normalized spacial score (nSPS) is 10.5. The van der Waals surface area contributed by atoms with E-state index < -0.39 is 0 Å². The monoisotopic (exact) mass is 253 g/mol. The third-order valence-electron chi connectivity index (χ3n) is 1.72. The molecule has 0 atom stereocenters. The topological polar surface area (TPSA) is 12.0 Å². The van der Waals surface area contributed by atoms with E-state index >= 15 is 0 Å². The first-order valence-corrected chi connectivity index (χ1v) is 7.19. The zero-order valence-corrected chi connectivity index (χ0v) is 10.3. The van der Waals surface area contributed by atoms with E-state index in [1.54, 1.807) is 0 Å². The molecule has 0 aliphatic heterocycles. The van der Waals surface area contributed by atoms with Gasteiger partial charge in [-0.15, -0.1) is 0 Å². The van der Waals surface area contributed by atoms with Gasteiger partial charge in [-0.2, -0.15) is 11.8 Å². The van der Waals surface area contributed by atoms with Crippen molar-refractivity contribution >= 4 is 27.7 Å². The molecule has 0 aliphatic carbocycles. The fourth-order valence-corrected chi connectivity index (χ4v) is 1.74. The van der Waals surface area contributed by atoms with Crippen LogP contribution in [0.15, 0.2) is 0 Å². The van der Waals surface area contributed by atoms with Crippen LogP contribution in [-0.2, 0) is 0 Å². The molecular weight excluding hydrogens is 234 g/mol. The molecule has 3 heteroatoms. The van der Waals surface area contributed by atoms with Crippen molar-refractivity contribution in [1.82, 2.24) is 5.32 Å². The van der Waals surface area contributed by atoms with Gasteiger partial charge in [0.15, 0.2) is 0 Å². The van der Waals surface area contributed by atoms with Crippen LogP contribution in [0.3, 0.4) is 0 Å². The maximum atomic E-state index is 3.43. The van der Waals surface area contributed by atoms with Crippen molar-refractivity contribution in [3.63, 3.8) is 0 Å². The van der Waals surface area contributed by atoms with Crippen molar-refractivity contribution in [2.45, 2.75) is 25.7 Å². The molecule has 0 rings (SSSR count). The summed E-state index contributed by atoms with van der Waals surface area (Å²) in [5.74, 6) is 1.24. The maximum absolute atomic E-state index is 3.43. The van der Waals surface area contributed by atoms with E-state index in [0.717, 1.165) is 5.33 Å². The van der Waals surface area contributed by atoms with E-state index in [9.17, 15) is 0 Å². The van der Waals surface area contributed by atoms with Crippen molar-refractivity contribution in [1.29, 1.82) is 0 Å². The van der Waals surface area contributed by atoms with Crippen molar-refractivity contribution < 1.29 is 0 Å². The van der Waals surface area contributed by atoms with Crippen LogP contribution in [0.2, 0.25) is 0 Å². The van der Waals surface area contributed by atoms with Crippen LogP contribution in [-0.4, -0.2) is 30.4 Å². The first kappa shape index (κ1) is 12.8. The molecule has 0 heterocycles. The fourth-order valence-electron chi connectivity index (χ4n) is 0.997. The molecule has 1 nitrogen and oxygen atoms in total. The van der Waals surface area contributed by atoms with Gasteiger partial charge in [0.05, 0.1) is 0 Å². The lowest BCUT2D eigenvalue weighted by molar-refractivity contribution is 0.615. The maximum Gasteiger partial charge on any atom is 0.00553 e. The second-order valence-corrected chi connectivity index (χ2v) is 4.62. The number of halogens is 1. The van der Waals surface area contributed by atoms with Gasteiger partial charge in [-0.05, 0) is 25.6 Å². The van der Waals surface area contributed by atoms with Gasteiger partial charge in [0.2, 0.25) is 0 Å².